The van der Waals surface area contributed by atoms with E-state index >= 15 is 0 Å². The fraction of sp³-hybridized carbons (Fsp3) is 0.692. The summed E-state index contributed by atoms with van der Waals surface area (Å²) in [6.45, 7) is 5.74. The molecule has 19 heavy (non-hydrogen) atoms. The molecule has 2 rings (SSSR count). The van der Waals surface area contributed by atoms with Crippen LogP contribution in [0.15, 0.2) is 0 Å². The number of nitrogens with one attached hydrogen (secondary N) is 1. The average Bonchev–Trinajstić information content (AvgIpc) is 2.99. The number of hydrogen-bond donors (Lipinski definition) is 1. The monoisotopic (exact) mass is 285 g/mol. The predicted octanol–water partition coefficient (Wildman–Crippen LogP) is 1.84. The summed E-state index contributed by atoms with van der Waals surface area (Å²) in [5.41, 5.74) is 1.71. The van der Waals surface area contributed by atoms with Crippen molar-refractivity contribution in [1.82, 2.24) is 15.1 Å². The number of carbonyl (C=O) groups excluding carboxylic acids is 1. The van der Waals surface area contributed by atoms with Crippen molar-refractivity contribution in [2.24, 2.45) is 0 Å². The molecule has 0 radical (unpaired) electrons. The van der Waals surface area contributed by atoms with Gasteiger partial charge in [0.1, 0.15) is 0 Å². The molecule has 1 aliphatic heterocycles. The Morgan fingerprint density at radius 2 is 2.37 bits per heavy atom. The van der Waals surface area contributed by atoms with E-state index in [9.17, 15) is 4.79 Å². The van der Waals surface area contributed by atoms with Crippen LogP contribution in [0.25, 0.3) is 0 Å². The average molecular weight is 286 g/mol. The van der Waals surface area contributed by atoms with Crippen molar-refractivity contribution >= 4 is 17.5 Å². The Labute approximate surface area is 118 Å². The number of halogens is 1. The van der Waals surface area contributed by atoms with E-state index in [4.69, 9.17) is 16.3 Å². The molecule has 1 unspecified atom stereocenters. The summed E-state index contributed by atoms with van der Waals surface area (Å²) >= 11 is 6.06. The van der Waals surface area contributed by atoms with Crippen molar-refractivity contribution in [3.8, 4) is 0 Å². The molecule has 1 fully saturated rings. The first kappa shape index (κ1) is 14.3. The van der Waals surface area contributed by atoms with E-state index in [0.29, 0.717) is 24.5 Å². The van der Waals surface area contributed by atoms with Crippen molar-refractivity contribution < 1.29 is 9.53 Å². The fourth-order valence-electron chi connectivity index (χ4n) is 2.22. The maximum atomic E-state index is 11.7. The van der Waals surface area contributed by atoms with Gasteiger partial charge in [-0.05, 0) is 26.7 Å². The van der Waals surface area contributed by atoms with Gasteiger partial charge in [0.15, 0.2) is 0 Å². The Bertz CT molecular complexity index is 453. The molecule has 0 bridgehead atoms. The van der Waals surface area contributed by atoms with Gasteiger partial charge in [0.2, 0.25) is 5.91 Å². The number of amides is 1. The van der Waals surface area contributed by atoms with Crippen molar-refractivity contribution in [2.75, 3.05) is 13.2 Å². The zero-order chi connectivity index (χ0) is 13.8. The standard InChI is InChI=1S/C13H20ClN3O2/c1-9-13(14)10(2)17(16-9)6-5-12(18)15-8-11-4-3-7-19-11/h11H,3-8H2,1-2H3,(H,15,18). The number of hydrogen-bond acceptors (Lipinski definition) is 3. The lowest BCUT2D eigenvalue weighted by Crippen LogP contribution is -2.32. The fourth-order valence-corrected chi connectivity index (χ4v) is 2.36. The highest BCUT2D eigenvalue weighted by Gasteiger charge is 2.16. The molecule has 0 spiro atoms. The highest BCUT2D eigenvalue weighted by Crippen LogP contribution is 2.18. The summed E-state index contributed by atoms with van der Waals surface area (Å²) in [6.07, 6.45) is 2.72. The van der Waals surface area contributed by atoms with Crippen LogP contribution in [0.4, 0.5) is 0 Å². The van der Waals surface area contributed by atoms with E-state index in [-0.39, 0.29) is 12.0 Å². The summed E-state index contributed by atoms with van der Waals surface area (Å²) in [4.78, 5) is 11.7. The highest BCUT2D eigenvalue weighted by atomic mass is 35.5. The van der Waals surface area contributed by atoms with E-state index in [1.807, 2.05) is 13.8 Å². The number of rotatable bonds is 5. The van der Waals surface area contributed by atoms with Crippen LogP contribution >= 0.6 is 11.6 Å². The van der Waals surface area contributed by atoms with E-state index in [1.165, 1.54) is 0 Å². The SMILES string of the molecule is Cc1nn(CCC(=O)NCC2CCCO2)c(C)c1Cl. The summed E-state index contributed by atoms with van der Waals surface area (Å²) in [7, 11) is 0. The minimum absolute atomic E-state index is 0.0270. The maximum Gasteiger partial charge on any atom is 0.221 e. The lowest BCUT2D eigenvalue weighted by Gasteiger charge is -2.11. The van der Waals surface area contributed by atoms with Gasteiger partial charge < -0.3 is 10.1 Å². The minimum Gasteiger partial charge on any atom is -0.376 e. The van der Waals surface area contributed by atoms with Gasteiger partial charge in [0.05, 0.1) is 29.1 Å². The van der Waals surface area contributed by atoms with Crippen LogP contribution < -0.4 is 5.32 Å². The van der Waals surface area contributed by atoms with Crippen LogP contribution in [0.2, 0.25) is 5.02 Å². The molecular weight excluding hydrogens is 266 g/mol. The van der Waals surface area contributed by atoms with Gasteiger partial charge in [0.25, 0.3) is 0 Å². The third kappa shape index (κ3) is 3.70. The Kier molecular flexibility index (Phi) is 4.82. The summed E-state index contributed by atoms with van der Waals surface area (Å²) < 4.78 is 7.24. The molecule has 0 saturated carbocycles. The first-order valence-electron chi connectivity index (χ1n) is 6.65. The van der Waals surface area contributed by atoms with Crippen molar-refractivity contribution in [3.05, 3.63) is 16.4 Å². The van der Waals surface area contributed by atoms with E-state index in [0.717, 1.165) is 30.8 Å². The zero-order valence-corrected chi connectivity index (χ0v) is 12.2. The van der Waals surface area contributed by atoms with Gasteiger partial charge in [-0.1, -0.05) is 11.6 Å². The van der Waals surface area contributed by atoms with Crippen molar-refractivity contribution in [2.45, 2.75) is 45.8 Å². The second-order valence-corrected chi connectivity index (χ2v) is 5.28. The highest BCUT2D eigenvalue weighted by molar-refractivity contribution is 6.31. The van der Waals surface area contributed by atoms with Crippen molar-refractivity contribution in [3.63, 3.8) is 0 Å². The normalized spacial score (nSPS) is 18.8. The second kappa shape index (κ2) is 6.39. The second-order valence-electron chi connectivity index (χ2n) is 4.90. The molecule has 1 amide bonds. The Hall–Kier alpha value is -1.07. The third-order valence-corrected chi connectivity index (χ3v) is 3.94. The lowest BCUT2D eigenvalue weighted by atomic mass is 10.2. The number of nitrogens with zero attached hydrogens (tertiary/aromatic N) is 2. The summed E-state index contributed by atoms with van der Waals surface area (Å²) in [5.74, 6) is 0.0270. The molecule has 0 aliphatic carbocycles. The van der Waals surface area contributed by atoms with E-state index < -0.39 is 0 Å². The predicted molar refractivity (Wildman–Crippen MR) is 73.3 cm³/mol. The Balaban J connectivity index is 1.75. The van der Waals surface area contributed by atoms with Gasteiger partial charge in [-0.15, -0.1) is 0 Å². The molecule has 1 aliphatic rings. The summed E-state index contributed by atoms with van der Waals surface area (Å²) in [5, 5.41) is 7.88. The van der Waals surface area contributed by atoms with Crippen molar-refractivity contribution in [1.29, 1.82) is 0 Å². The smallest absolute Gasteiger partial charge is 0.221 e. The molecule has 1 aromatic rings. The number of aryl methyl sites for hydroxylation is 2. The van der Waals surface area contributed by atoms with Crippen LogP contribution in [0, 0.1) is 13.8 Å². The molecule has 2 heterocycles. The minimum atomic E-state index is 0.0270. The van der Waals surface area contributed by atoms with Crippen LogP contribution in [-0.2, 0) is 16.1 Å². The summed E-state index contributed by atoms with van der Waals surface area (Å²) in [6, 6.07) is 0. The molecule has 1 saturated heterocycles. The Morgan fingerprint density at radius 1 is 1.58 bits per heavy atom. The van der Waals surface area contributed by atoms with Crippen LogP contribution in [-0.4, -0.2) is 34.9 Å². The zero-order valence-electron chi connectivity index (χ0n) is 11.4. The van der Waals surface area contributed by atoms with E-state index in [2.05, 4.69) is 10.4 Å². The maximum absolute atomic E-state index is 11.7. The van der Waals surface area contributed by atoms with Crippen LogP contribution in [0.5, 0.6) is 0 Å². The van der Waals surface area contributed by atoms with Gasteiger partial charge in [-0.25, -0.2) is 0 Å². The molecule has 0 aromatic carbocycles. The first-order valence-corrected chi connectivity index (χ1v) is 7.03. The van der Waals surface area contributed by atoms with Gasteiger partial charge in [0, 0.05) is 19.6 Å². The lowest BCUT2D eigenvalue weighted by molar-refractivity contribution is -0.121. The quantitative estimate of drug-likeness (QED) is 0.898. The van der Waals surface area contributed by atoms with Gasteiger partial charge in [-0.2, -0.15) is 5.10 Å². The topological polar surface area (TPSA) is 56.2 Å². The molecular formula is C13H20ClN3O2. The third-order valence-electron chi connectivity index (χ3n) is 3.39. The van der Waals surface area contributed by atoms with Crippen LogP contribution in [0.3, 0.4) is 0 Å². The molecule has 106 valence electrons. The van der Waals surface area contributed by atoms with E-state index in [1.54, 1.807) is 4.68 Å². The van der Waals surface area contributed by atoms with Crippen LogP contribution in [0.1, 0.15) is 30.7 Å². The number of ether oxygens (including phenoxy) is 1. The Morgan fingerprint density at radius 3 is 2.95 bits per heavy atom. The molecule has 1 aromatic heterocycles. The largest absolute Gasteiger partial charge is 0.376 e. The molecule has 1 atom stereocenters. The molecule has 5 nitrogen and oxygen atoms in total. The molecule has 1 N–H and O–H groups in total. The molecule has 6 heteroatoms. The van der Waals surface area contributed by atoms with Gasteiger partial charge in [-0.3, -0.25) is 9.48 Å². The number of carbonyl (C=O) groups is 1. The first-order chi connectivity index (χ1) is 9.08. The number of aromatic nitrogens is 2. The van der Waals surface area contributed by atoms with Gasteiger partial charge >= 0.3 is 0 Å².